The first-order valence-electron chi connectivity index (χ1n) is 7.52. The maximum absolute atomic E-state index is 9.24. The lowest BCUT2D eigenvalue weighted by Gasteiger charge is -2.03. The second-order valence-electron chi connectivity index (χ2n) is 5.34. The Balaban J connectivity index is 1.74. The first-order valence-corrected chi connectivity index (χ1v) is 7.52. The van der Waals surface area contributed by atoms with Crippen LogP contribution in [0.4, 0.5) is 5.88 Å². The summed E-state index contributed by atoms with van der Waals surface area (Å²) in [5, 5.41) is 12.4. The molecule has 0 saturated carbocycles. The van der Waals surface area contributed by atoms with Gasteiger partial charge in [0.25, 0.3) is 0 Å². The molecule has 0 radical (unpaired) electrons. The Labute approximate surface area is 135 Å². The molecule has 0 unspecified atom stereocenters. The van der Waals surface area contributed by atoms with Gasteiger partial charge in [0.2, 0.25) is 17.5 Å². The van der Waals surface area contributed by atoms with Crippen LogP contribution in [-0.4, -0.2) is 11.5 Å². The van der Waals surface area contributed by atoms with Gasteiger partial charge in [0.05, 0.1) is 0 Å². The van der Waals surface area contributed by atoms with Crippen molar-refractivity contribution in [2.75, 3.05) is 11.9 Å². The van der Waals surface area contributed by atoms with Gasteiger partial charge in [-0.25, -0.2) is 0 Å². The lowest BCUT2D eigenvalue weighted by Crippen LogP contribution is -2.05. The summed E-state index contributed by atoms with van der Waals surface area (Å²) in [5.74, 6) is 0.896. The smallest absolute Gasteiger partial charge is 0.232 e. The molecule has 4 nitrogen and oxygen atoms in total. The number of anilines is 1. The summed E-state index contributed by atoms with van der Waals surface area (Å²) >= 11 is 0. The fourth-order valence-corrected chi connectivity index (χ4v) is 2.38. The number of hydrogen-bond acceptors (Lipinski definition) is 4. The molecule has 4 heteroatoms. The molecule has 0 bridgehead atoms. The van der Waals surface area contributed by atoms with Crippen LogP contribution in [0.2, 0.25) is 0 Å². The van der Waals surface area contributed by atoms with Crippen molar-refractivity contribution in [2.24, 2.45) is 0 Å². The Morgan fingerprint density at radius 3 is 2.70 bits per heavy atom. The largest absolute Gasteiger partial charge is 0.419 e. The molecule has 0 aliphatic heterocycles. The van der Waals surface area contributed by atoms with Crippen LogP contribution < -0.4 is 5.32 Å². The number of hydrogen-bond donors (Lipinski definition) is 1. The molecule has 3 rings (SSSR count). The van der Waals surface area contributed by atoms with Crippen molar-refractivity contribution in [2.45, 2.75) is 13.3 Å². The standard InChI is InChI=1S/C19H17N3O/c1-14-6-5-9-16(12-14)18-22-17(13-20)19(23-18)21-11-10-15-7-3-2-4-8-15/h2-9,12,21H,10-11H2,1H3. The van der Waals surface area contributed by atoms with Crippen molar-refractivity contribution >= 4 is 5.88 Å². The third kappa shape index (κ3) is 3.58. The summed E-state index contributed by atoms with van der Waals surface area (Å²) in [4.78, 5) is 4.28. The van der Waals surface area contributed by atoms with Crippen LogP contribution in [0.15, 0.2) is 59.0 Å². The van der Waals surface area contributed by atoms with Crippen LogP contribution in [0.3, 0.4) is 0 Å². The van der Waals surface area contributed by atoms with Gasteiger partial charge in [0.15, 0.2) is 0 Å². The quantitative estimate of drug-likeness (QED) is 0.768. The normalized spacial score (nSPS) is 10.3. The predicted molar refractivity (Wildman–Crippen MR) is 90.0 cm³/mol. The van der Waals surface area contributed by atoms with E-state index < -0.39 is 0 Å². The van der Waals surface area contributed by atoms with Crippen molar-refractivity contribution in [3.05, 3.63) is 71.4 Å². The SMILES string of the molecule is Cc1cccc(-c2nc(C#N)c(NCCc3ccccc3)o2)c1. The highest BCUT2D eigenvalue weighted by atomic mass is 16.4. The molecular weight excluding hydrogens is 286 g/mol. The molecule has 1 aromatic heterocycles. The van der Waals surface area contributed by atoms with Crippen LogP contribution in [0, 0.1) is 18.3 Å². The van der Waals surface area contributed by atoms with E-state index in [2.05, 4.69) is 28.5 Å². The van der Waals surface area contributed by atoms with E-state index in [9.17, 15) is 5.26 Å². The van der Waals surface area contributed by atoms with E-state index >= 15 is 0 Å². The van der Waals surface area contributed by atoms with E-state index in [1.54, 1.807) is 0 Å². The van der Waals surface area contributed by atoms with Gasteiger partial charge in [-0.05, 0) is 31.0 Å². The zero-order chi connectivity index (χ0) is 16.1. The molecule has 0 fully saturated rings. The van der Waals surface area contributed by atoms with Gasteiger partial charge in [-0.2, -0.15) is 10.2 Å². The maximum atomic E-state index is 9.24. The van der Waals surface area contributed by atoms with Crippen molar-refractivity contribution in [1.82, 2.24) is 4.98 Å². The fraction of sp³-hybridized carbons (Fsp3) is 0.158. The monoisotopic (exact) mass is 303 g/mol. The summed E-state index contributed by atoms with van der Waals surface area (Å²) < 4.78 is 5.74. The molecule has 0 aliphatic rings. The zero-order valence-electron chi connectivity index (χ0n) is 12.9. The minimum Gasteiger partial charge on any atom is -0.419 e. The summed E-state index contributed by atoms with van der Waals surface area (Å²) in [5.41, 5.74) is 3.52. The van der Waals surface area contributed by atoms with E-state index in [1.165, 1.54) is 5.56 Å². The molecule has 0 aliphatic carbocycles. The first-order chi connectivity index (χ1) is 11.3. The second-order valence-corrected chi connectivity index (χ2v) is 5.34. The fourth-order valence-electron chi connectivity index (χ4n) is 2.38. The molecule has 0 spiro atoms. The van der Waals surface area contributed by atoms with Crippen LogP contribution in [0.25, 0.3) is 11.5 Å². The van der Waals surface area contributed by atoms with Gasteiger partial charge in [-0.1, -0.05) is 48.0 Å². The lowest BCUT2D eigenvalue weighted by molar-refractivity contribution is 0.585. The molecular formula is C19H17N3O. The third-order valence-electron chi connectivity index (χ3n) is 3.54. The summed E-state index contributed by atoms with van der Waals surface area (Å²) in [6.07, 6.45) is 0.853. The molecule has 0 atom stereocenters. The Morgan fingerprint density at radius 1 is 1.13 bits per heavy atom. The highest BCUT2D eigenvalue weighted by molar-refractivity contribution is 5.59. The van der Waals surface area contributed by atoms with Gasteiger partial charge in [0, 0.05) is 12.1 Å². The van der Waals surface area contributed by atoms with E-state index in [4.69, 9.17) is 4.42 Å². The number of nitriles is 1. The second kappa shape index (κ2) is 6.80. The van der Waals surface area contributed by atoms with Crippen LogP contribution >= 0.6 is 0 Å². The van der Waals surface area contributed by atoms with Crippen LogP contribution in [-0.2, 0) is 6.42 Å². The summed E-state index contributed by atoms with van der Waals surface area (Å²) in [7, 11) is 0. The Kier molecular flexibility index (Phi) is 4.39. The zero-order valence-corrected chi connectivity index (χ0v) is 12.9. The number of rotatable bonds is 5. The van der Waals surface area contributed by atoms with E-state index in [0.29, 0.717) is 18.3 Å². The number of oxazole rings is 1. The van der Waals surface area contributed by atoms with E-state index in [0.717, 1.165) is 17.5 Å². The Bertz CT molecular complexity index is 831. The minimum absolute atomic E-state index is 0.287. The van der Waals surface area contributed by atoms with Crippen molar-refractivity contribution in [1.29, 1.82) is 5.26 Å². The summed E-state index contributed by atoms with van der Waals surface area (Å²) in [6.45, 7) is 2.69. The molecule has 23 heavy (non-hydrogen) atoms. The number of benzene rings is 2. The van der Waals surface area contributed by atoms with E-state index in [-0.39, 0.29) is 5.69 Å². The number of nitrogens with zero attached hydrogens (tertiary/aromatic N) is 2. The van der Waals surface area contributed by atoms with Crippen molar-refractivity contribution in [3.63, 3.8) is 0 Å². The van der Waals surface area contributed by atoms with Gasteiger partial charge in [-0.3, -0.25) is 0 Å². The highest BCUT2D eigenvalue weighted by Crippen LogP contribution is 2.25. The maximum Gasteiger partial charge on any atom is 0.232 e. The summed E-state index contributed by atoms with van der Waals surface area (Å²) in [6, 6.07) is 20.1. The minimum atomic E-state index is 0.287. The average molecular weight is 303 g/mol. The topological polar surface area (TPSA) is 61.9 Å². The average Bonchev–Trinajstić information content (AvgIpc) is 2.99. The Morgan fingerprint density at radius 2 is 1.96 bits per heavy atom. The molecule has 0 amide bonds. The lowest BCUT2D eigenvalue weighted by atomic mass is 10.1. The molecule has 2 aromatic carbocycles. The molecule has 0 saturated heterocycles. The van der Waals surface area contributed by atoms with Crippen LogP contribution in [0.1, 0.15) is 16.8 Å². The third-order valence-corrected chi connectivity index (χ3v) is 3.54. The van der Waals surface area contributed by atoms with Gasteiger partial charge >= 0.3 is 0 Å². The molecule has 114 valence electrons. The highest BCUT2D eigenvalue weighted by Gasteiger charge is 2.14. The van der Waals surface area contributed by atoms with Gasteiger partial charge < -0.3 is 9.73 Å². The van der Waals surface area contributed by atoms with E-state index in [1.807, 2.05) is 49.4 Å². The van der Waals surface area contributed by atoms with Crippen molar-refractivity contribution < 1.29 is 4.42 Å². The predicted octanol–water partition coefficient (Wildman–Crippen LogP) is 4.18. The first kappa shape index (κ1) is 14.9. The molecule has 3 aromatic rings. The number of aryl methyl sites for hydroxylation is 1. The molecule has 1 heterocycles. The Hall–Kier alpha value is -3.06. The number of nitrogens with one attached hydrogen (secondary N) is 1. The van der Waals surface area contributed by atoms with Gasteiger partial charge in [-0.15, -0.1) is 0 Å². The van der Waals surface area contributed by atoms with Crippen molar-refractivity contribution in [3.8, 4) is 17.5 Å². The van der Waals surface area contributed by atoms with Gasteiger partial charge in [0.1, 0.15) is 6.07 Å². The molecule has 1 N–H and O–H groups in total. The van der Waals surface area contributed by atoms with Crippen LogP contribution in [0.5, 0.6) is 0 Å². The number of aromatic nitrogens is 1.